The lowest BCUT2D eigenvalue weighted by Crippen LogP contribution is -2.17. The molecule has 1 aromatic carbocycles. The fraction of sp³-hybridized carbons (Fsp3) is 0.600. The molecule has 0 aliphatic rings. The average Bonchev–Trinajstić information content (AvgIpc) is 2.31. The van der Waals surface area contributed by atoms with E-state index in [0.29, 0.717) is 12.6 Å². The van der Waals surface area contributed by atoms with E-state index < -0.39 is 0 Å². The van der Waals surface area contributed by atoms with Crippen LogP contribution in [0.3, 0.4) is 0 Å². The van der Waals surface area contributed by atoms with Crippen LogP contribution < -0.4 is 5.32 Å². The molecule has 0 bridgehead atoms. The average molecular weight is 314 g/mol. The molecule has 1 aromatic rings. The maximum Gasteiger partial charge on any atom is 0.0744 e. The molecule has 1 N–H and O–H groups in total. The van der Waals surface area contributed by atoms with Crippen molar-refractivity contribution in [3.05, 3.63) is 28.2 Å². The molecule has 0 heterocycles. The van der Waals surface area contributed by atoms with Gasteiger partial charge in [0.2, 0.25) is 0 Å². The maximum absolute atomic E-state index is 5.26. The van der Waals surface area contributed by atoms with Crippen molar-refractivity contribution in [2.24, 2.45) is 5.92 Å². The Hall–Kier alpha value is -0.540. The first-order chi connectivity index (χ1) is 8.54. The van der Waals surface area contributed by atoms with Crippen molar-refractivity contribution in [2.45, 2.75) is 46.3 Å². The molecule has 0 radical (unpaired) electrons. The van der Waals surface area contributed by atoms with E-state index in [0.717, 1.165) is 10.4 Å². The van der Waals surface area contributed by atoms with E-state index in [1.54, 1.807) is 7.11 Å². The van der Waals surface area contributed by atoms with Gasteiger partial charge in [0.05, 0.1) is 6.61 Å². The van der Waals surface area contributed by atoms with E-state index in [1.165, 1.54) is 24.1 Å². The van der Waals surface area contributed by atoms with Crippen LogP contribution in [0.2, 0.25) is 0 Å². The van der Waals surface area contributed by atoms with Crippen LogP contribution >= 0.6 is 15.9 Å². The van der Waals surface area contributed by atoms with Crippen molar-refractivity contribution in [1.82, 2.24) is 0 Å². The van der Waals surface area contributed by atoms with Gasteiger partial charge in [0.15, 0.2) is 0 Å². The largest absolute Gasteiger partial charge is 0.382 e. The zero-order valence-corrected chi connectivity index (χ0v) is 13.4. The van der Waals surface area contributed by atoms with Gasteiger partial charge in [-0.05, 0) is 37.8 Å². The molecule has 0 fully saturated rings. The number of ether oxygens (including phenoxy) is 1. The minimum atomic E-state index is 0.484. The van der Waals surface area contributed by atoms with Crippen LogP contribution in [0.25, 0.3) is 0 Å². The molecule has 0 spiro atoms. The molecule has 1 unspecified atom stereocenters. The predicted molar refractivity (Wildman–Crippen MR) is 82.0 cm³/mol. The van der Waals surface area contributed by atoms with Crippen molar-refractivity contribution >= 4 is 21.6 Å². The van der Waals surface area contributed by atoms with E-state index in [-0.39, 0.29) is 0 Å². The lowest BCUT2D eigenvalue weighted by atomic mass is 10.0. The van der Waals surface area contributed by atoms with Crippen molar-refractivity contribution in [2.75, 3.05) is 12.4 Å². The monoisotopic (exact) mass is 313 g/mol. The van der Waals surface area contributed by atoms with Crippen LogP contribution in [0.5, 0.6) is 0 Å². The van der Waals surface area contributed by atoms with Crippen LogP contribution in [0.4, 0.5) is 5.69 Å². The Balaban J connectivity index is 2.68. The minimum Gasteiger partial charge on any atom is -0.382 e. The molecular formula is C15H24BrNO. The van der Waals surface area contributed by atoms with Gasteiger partial charge < -0.3 is 10.1 Å². The van der Waals surface area contributed by atoms with Gasteiger partial charge >= 0.3 is 0 Å². The molecule has 1 rings (SSSR count). The Kier molecular flexibility index (Phi) is 6.72. The Bertz CT molecular complexity index is 366. The quantitative estimate of drug-likeness (QED) is 0.778. The van der Waals surface area contributed by atoms with Crippen molar-refractivity contribution in [3.63, 3.8) is 0 Å². The van der Waals surface area contributed by atoms with Crippen molar-refractivity contribution < 1.29 is 4.74 Å². The third-order valence-corrected chi connectivity index (χ3v) is 3.73. The summed E-state index contributed by atoms with van der Waals surface area (Å²) in [6.45, 7) is 7.39. The Morgan fingerprint density at radius 3 is 2.56 bits per heavy atom. The first-order valence-electron chi connectivity index (χ1n) is 6.57. The van der Waals surface area contributed by atoms with Gasteiger partial charge in [-0.1, -0.05) is 35.8 Å². The van der Waals surface area contributed by atoms with Gasteiger partial charge in [0, 0.05) is 28.9 Å². The molecule has 0 amide bonds. The van der Waals surface area contributed by atoms with Crippen molar-refractivity contribution in [3.8, 4) is 0 Å². The van der Waals surface area contributed by atoms with E-state index in [4.69, 9.17) is 4.74 Å². The minimum absolute atomic E-state index is 0.484. The van der Waals surface area contributed by atoms with Crippen LogP contribution in [0.1, 0.15) is 39.2 Å². The highest BCUT2D eigenvalue weighted by atomic mass is 79.9. The number of halogens is 1. The highest BCUT2D eigenvalue weighted by Crippen LogP contribution is 2.26. The lowest BCUT2D eigenvalue weighted by molar-refractivity contribution is 0.185. The predicted octanol–water partition coefficient (Wildman–Crippen LogP) is 4.83. The topological polar surface area (TPSA) is 21.3 Å². The molecule has 102 valence electrons. The van der Waals surface area contributed by atoms with Gasteiger partial charge in [0.1, 0.15) is 0 Å². The summed E-state index contributed by atoms with van der Waals surface area (Å²) in [5.41, 5.74) is 2.36. The molecular weight excluding hydrogens is 290 g/mol. The van der Waals surface area contributed by atoms with E-state index in [9.17, 15) is 0 Å². The second-order valence-electron chi connectivity index (χ2n) is 5.22. The summed E-state index contributed by atoms with van der Waals surface area (Å²) in [6.07, 6.45) is 2.44. The van der Waals surface area contributed by atoms with Crippen LogP contribution in [-0.2, 0) is 11.3 Å². The third-order valence-electron chi connectivity index (χ3n) is 2.99. The fourth-order valence-electron chi connectivity index (χ4n) is 1.91. The number of anilines is 1. The summed E-state index contributed by atoms with van der Waals surface area (Å²) in [5, 5.41) is 3.58. The molecule has 0 saturated heterocycles. The number of benzene rings is 1. The number of rotatable bonds is 7. The number of nitrogens with one attached hydrogen (secondary N) is 1. The summed E-state index contributed by atoms with van der Waals surface area (Å²) < 4.78 is 6.36. The molecule has 2 nitrogen and oxygen atoms in total. The molecule has 3 heteroatoms. The Morgan fingerprint density at radius 1 is 1.22 bits per heavy atom. The third kappa shape index (κ3) is 4.99. The standard InChI is InChI=1S/C15H24BrNO/c1-11(2)8-9-12(3)17-15-7-5-6-14(16)13(15)10-18-4/h5-7,11-12,17H,8-10H2,1-4H3. The summed E-state index contributed by atoms with van der Waals surface area (Å²) in [4.78, 5) is 0. The maximum atomic E-state index is 5.26. The molecule has 18 heavy (non-hydrogen) atoms. The van der Waals surface area contributed by atoms with E-state index in [2.05, 4.69) is 60.2 Å². The molecule has 0 aliphatic heterocycles. The highest BCUT2D eigenvalue weighted by molar-refractivity contribution is 9.10. The molecule has 0 aliphatic carbocycles. The summed E-state index contributed by atoms with van der Waals surface area (Å²) in [7, 11) is 1.73. The second kappa shape index (κ2) is 7.80. The van der Waals surface area contributed by atoms with Crippen LogP contribution in [0.15, 0.2) is 22.7 Å². The van der Waals surface area contributed by atoms with Gasteiger partial charge in [-0.3, -0.25) is 0 Å². The first kappa shape index (κ1) is 15.5. The number of hydrogen-bond acceptors (Lipinski definition) is 2. The highest BCUT2D eigenvalue weighted by Gasteiger charge is 2.09. The SMILES string of the molecule is COCc1c(Br)cccc1NC(C)CCC(C)C. The lowest BCUT2D eigenvalue weighted by Gasteiger charge is -2.19. The smallest absolute Gasteiger partial charge is 0.0744 e. The normalized spacial score (nSPS) is 12.8. The second-order valence-corrected chi connectivity index (χ2v) is 6.07. The van der Waals surface area contributed by atoms with Crippen molar-refractivity contribution in [1.29, 1.82) is 0 Å². The Morgan fingerprint density at radius 2 is 1.94 bits per heavy atom. The summed E-state index contributed by atoms with van der Waals surface area (Å²) >= 11 is 3.58. The van der Waals surface area contributed by atoms with Crippen LogP contribution in [-0.4, -0.2) is 13.2 Å². The zero-order chi connectivity index (χ0) is 13.5. The van der Waals surface area contributed by atoms with Gasteiger partial charge in [-0.2, -0.15) is 0 Å². The van der Waals surface area contributed by atoms with E-state index in [1.807, 2.05) is 0 Å². The van der Waals surface area contributed by atoms with Gasteiger partial charge in [0.25, 0.3) is 0 Å². The zero-order valence-electron chi connectivity index (χ0n) is 11.8. The molecule has 0 aromatic heterocycles. The Labute approximate surface area is 119 Å². The fourth-order valence-corrected chi connectivity index (χ4v) is 2.39. The summed E-state index contributed by atoms with van der Waals surface area (Å²) in [6, 6.07) is 6.71. The van der Waals surface area contributed by atoms with Gasteiger partial charge in [-0.25, -0.2) is 0 Å². The first-order valence-corrected chi connectivity index (χ1v) is 7.36. The number of hydrogen-bond donors (Lipinski definition) is 1. The van der Waals surface area contributed by atoms with Gasteiger partial charge in [-0.15, -0.1) is 0 Å². The summed E-state index contributed by atoms with van der Waals surface area (Å²) in [5.74, 6) is 0.759. The molecule has 1 atom stereocenters. The molecule has 0 saturated carbocycles. The van der Waals surface area contributed by atoms with E-state index >= 15 is 0 Å². The number of methoxy groups -OCH3 is 1. The van der Waals surface area contributed by atoms with Crippen LogP contribution in [0, 0.1) is 5.92 Å².